The van der Waals surface area contributed by atoms with E-state index in [2.05, 4.69) is 32.6 Å². The minimum absolute atomic E-state index is 0.228. The summed E-state index contributed by atoms with van der Waals surface area (Å²) >= 11 is 0. The van der Waals surface area contributed by atoms with Crippen LogP contribution in [0.2, 0.25) is 0 Å². The lowest BCUT2D eigenvalue weighted by atomic mass is 9.85. The molecule has 17 heavy (non-hydrogen) atoms. The summed E-state index contributed by atoms with van der Waals surface area (Å²) in [6, 6.07) is 0.720. The molecule has 0 aromatic rings. The summed E-state index contributed by atoms with van der Waals surface area (Å²) in [4.78, 5) is 2.61. The number of hydrogen-bond donors (Lipinski definition) is 1. The largest absolute Gasteiger partial charge is 0.378 e. The second-order valence-corrected chi connectivity index (χ2v) is 6.04. The SMILES string of the molecule is CCCN(CC(C)(C)CN)C1CC(OCC)C1. The minimum Gasteiger partial charge on any atom is -0.378 e. The van der Waals surface area contributed by atoms with Gasteiger partial charge in [0.25, 0.3) is 0 Å². The molecule has 0 amide bonds. The molecule has 0 bridgehead atoms. The molecule has 0 atom stereocenters. The highest BCUT2D eigenvalue weighted by Gasteiger charge is 2.35. The van der Waals surface area contributed by atoms with Gasteiger partial charge in [-0.2, -0.15) is 0 Å². The molecule has 0 saturated heterocycles. The number of rotatable bonds is 8. The first-order valence-electron chi connectivity index (χ1n) is 7.08. The van der Waals surface area contributed by atoms with Crippen molar-refractivity contribution in [1.29, 1.82) is 0 Å². The quantitative estimate of drug-likeness (QED) is 0.709. The molecule has 3 heteroatoms. The van der Waals surface area contributed by atoms with Gasteiger partial charge in [-0.15, -0.1) is 0 Å². The first-order chi connectivity index (χ1) is 8.02. The van der Waals surface area contributed by atoms with Gasteiger partial charge in [0.1, 0.15) is 0 Å². The molecular weight excluding hydrogens is 212 g/mol. The summed E-state index contributed by atoms with van der Waals surface area (Å²) in [6.07, 6.45) is 4.13. The molecule has 3 nitrogen and oxygen atoms in total. The van der Waals surface area contributed by atoms with Crippen molar-refractivity contribution in [2.45, 2.75) is 59.1 Å². The summed E-state index contributed by atoms with van der Waals surface area (Å²) in [5.41, 5.74) is 6.06. The monoisotopic (exact) mass is 242 g/mol. The molecule has 0 heterocycles. The fourth-order valence-corrected chi connectivity index (χ4v) is 2.50. The van der Waals surface area contributed by atoms with Crippen LogP contribution in [0.25, 0.3) is 0 Å². The zero-order chi connectivity index (χ0) is 12.9. The van der Waals surface area contributed by atoms with Crippen molar-refractivity contribution < 1.29 is 4.74 Å². The van der Waals surface area contributed by atoms with E-state index in [9.17, 15) is 0 Å². The molecular formula is C14H30N2O. The third-order valence-electron chi connectivity index (χ3n) is 3.68. The molecule has 2 N–H and O–H groups in total. The third kappa shape index (κ3) is 4.57. The van der Waals surface area contributed by atoms with Crippen LogP contribution >= 0.6 is 0 Å². The fraction of sp³-hybridized carbons (Fsp3) is 1.00. The molecule has 1 aliphatic carbocycles. The number of nitrogens with zero attached hydrogens (tertiary/aromatic N) is 1. The molecule has 1 fully saturated rings. The topological polar surface area (TPSA) is 38.5 Å². The molecule has 0 spiro atoms. The molecule has 0 unspecified atom stereocenters. The van der Waals surface area contributed by atoms with Gasteiger partial charge < -0.3 is 10.5 Å². The van der Waals surface area contributed by atoms with Gasteiger partial charge in [-0.05, 0) is 44.7 Å². The van der Waals surface area contributed by atoms with Crippen LogP contribution in [0.15, 0.2) is 0 Å². The van der Waals surface area contributed by atoms with Crippen molar-refractivity contribution in [3.05, 3.63) is 0 Å². The molecule has 102 valence electrons. The lowest BCUT2D eigenvalue weighted by Gasteiger charge is -2.45. The van der Waals surface area contributed by atoms with E-state index in [4.69, 9.17) is 10.5 Å². The van der Waals surface area contributed by atoms with E-state index in [1.807, 2.05) is 0 Å². The first kappa shape index (κ1) is 14.9. The lowest BCUT2D eigenvalue weighted by Crippen LogP contribution is -2.52. The van der Waals surface area contributed by atoms with Crippen LogP contribution in [0.4, 0.5) is 0 Å². The zero-order valence-corrected chi connectivity index (χ0v) is 12.0. The van der Waals surface area contributed by atoms with Gasteiger partial charge in [-0.25, -0.2) is 0 Å². The molecule has 0 radical (unpaired) electrons. The van der Waals surface area contributed by atoms with Crippen LogP contribution in [0.1, 0.15) is 47.0 Å². The Bertz CT molecular complexity index is 212. The van der Waals surface area contributed by atoms with Gasteiger partial charge in [0, 0.05) is 19.2 Å². The van der Waals surface area contributed by atoms with Crippen LogP contribution in [0, 0.1) is 5.41 Å². The Balaban J connectivity index is 2.40. The molecule has 0 aliphatic heterocycles. The smallest absolute Gasteiger partial charge is 0.0604 e. The fourth-order valence-electron chi connectivity index (χ4n) is 2.50. The normalized spacial score (nSPS) is 25.1. The van der Waals surface area contributed by atoms with E-state index in [1.54, 1.807) is 0 Å². The summed E-state index contributed by atoms with van der Waals surface area (Å²) in [6.45, 7) is 12.8. The minimum atomic E-state index is 0.228. The maximum absolute atomic E-state index is 5.83. The highest BCUT2D eigenvalue weighted by Crippen LogP contribution is 2.30. The third-order valence-corrected chi connectivity index (χ3v) is 3.68. The van der Waals surface area contributed by atoms with E-state index in [1.165, 1.54) is 25.8 Å². The molecule has 0 aromatic carbocycles. The van der Waals surface area contributed by atoms with Crippen molar-refractivity contribution in [2.24, 2.45) is 11.1 Å². The highest BCUT2D eigenvalue weighted by molar-refractivity contribution is 4.90. The van der Waals surface area contributed by atoms with Gasteiger partial charge in [-0.3, -0.25) is 4.90 Å². The van der Waals surface area contributed by atoms with Crippen LogP contribution in [-0.4, -0.2) is 43.3 Å². The predicted octanol–water partition coefficient (Wildman–Crippen LogP) is 2.25. The molecule has 1 saturated carbocycles. The highest BCUT2D eigenvalue weighted by atomic mass is 16.5. The summed E-state index contributed by atoms with van der Waals surface area (Å²) < 4.78 is 5.64. The van der Waals surface area contributed by atoms with Gasteiger partial charge in [0.05, 0.1) is 6.10 Å². The second kappa shape index (κ2) is 6.72. The number of ether oxygens (including phenoxy) is 1. The van der Waals surface area contributed by atoms with Gasteiger partial charge in [0.15, 0.2) is 0 Å². The van der Waals surface area contributed by atoms with Gasteiger partial charge >= 0.3 is 0 Å². The van der Waals surface area contributed by atoms with Crippen molar-refractivity contribution in [2.75, 3.05) is 26.2 Å². The van der Waals surface area contributed by atoms with E-state index in [0.29, 0.717) is 6.10 Å². The van der Waals surface area contributed by atoms with Crippen LogP contribution in [0.3, 0.4) is 0 Å². The van der Waals surface area contributed by atoms with Crippen LogP contribution in [-0.2, 0) is 4.74 Å². The average Bonchev–Trinajstić information content (AvgIpc) is 2.22. The number of hydrogen-bond acceptors (Lipinski definition) is 3. The molecule has 0 aromatic heterocycles. The van der Waals surface area contributed by atoms with Crippen molar-refractivity contribution in [1.82, 2.24) is 4.90 Å². The average molecular weight is 242 g/mol. The standard InChI is InChI=1S/C14H30N2O/c1-5-7-16(11-14(3,4)10-15)12-8-13(9-12)17-6-2/h12-13H,5-11,15H2,1-4H3. The van der Waals surface area contributed by atoms with Gasteiger partial charge in [0.2, 0.25) is 0 Å². The Morgan fingerprint density at radius 1 is 1.29 bits per heavy atom. The van der Waals surface area contributed by atoms with Gasteiger partial charge in [-0.1, -0.05) is 20.8 Å². The van der Waals surface area contributed by atoms with Crippen molar-refractivity contribution in [3.63, 3.8) is 0 Å². The Morgan fingerprint density at radius 3 is 2.41 bits per heavy atom. The summed E-state index contributed by atoms with van der Waals surface area (Å²) in [5.74, 6) is 0. The maximum Gasteiger partial charge on any atom is 0.0604 e. The Labute approximate surface area is 107 Å². The first-order valence-corrected chi connectivity index (χ1v) is 7.08. The van der Waals surface area contributed by atoms with E-state index in [0.717, 1.165) is 25.7 Å². The summed E-state index contributed by atoms with van der Waals surface area (Å²) in [7, 11) is 0. The Morgan fingerprint density at radius 2 is 1.94 bits per heavy atom. The Kier molecular flexibility index (Phi) is 5.90. The van der Waals surface area contributed by atoms with Crippen molar-refractivity contribution in [3.8, 4) is 0 Å². The van der Waals surface area contributed by atoms with E-state index >= 15 is 0 Å². The van der Waals surface area contributed by atoms with E-state index < -0.39 is 0 Å². The molecule has 1 aliphatic rings. The predicted molar refractivity (Wildman–Crippen MR) is 73.1 cm³/mol. The zero-order valence-electron chi connectivity index (χ0n) is 12.0. The molecule has 1 rings (SSSR count). The van der Waals surface area contributed by atoms with E-state index in [-0.39, 0.29) is 5.41 Å². The van der Waals surface area contributed by atoms with Crippen LogP contribution in [0.5, 0.6) is 0 Å². The number of nitrogens with two attached hydrogens (primary N) is 1. The van der Waals surface area contributed by atoms with Crippen LogP contribution < -0.4 is 5.73 Å². The summed E-state index contributed by atoms with van der Waals surface area (Å²) in [5, 5.41) is 0. The second-order valence-electron chi connectivity index (χ2n) is 6.04. The maximum atomic E-state index is 5.83. The Hall–Kier alpha value is -0.120. The lowest BCUT2D eigenvalue weighted by molar-refractivity contribution is -0.0533. The van der Waals surface area contributed by atoms with Crippen molar-refractivity contribution >= 4 is 0 Å².